The fraction of sp³-hybridized carbons (Fsp3) is 0.667. The summed E-state index contributed by atoms with van der Waals surface area (Å²) in [7, 11) is 1.20. The number of esters is 1. The third-order valence-electron chi connectivity index (χ3n) is 4.14. The lowest BCUT2D eigenvalue weighted by Crippen LogP contribution is -2.43. The predicted octanol–water partition coefficient (Wildman–Crippen LogP) is 1.57. The Bertz CT molecular complexity index is 739. The summed E-state index contributed by atoms with van der Waals surface area (Å²) in [6.07, 6.45) is -3.14. The van der Waals surface area contributed by atoms with Crippen LogP contribution < -0.4 is 15.0 Å². The summed E-state index contributed by atoms with van der Waals surface area (Å²) in [5.41, 5.74) is -0.276. The second-order valence-corrected chi connectivity index (χ2v) is 7.07. The van der Waals surface area contributed by atoms with Crippen molar-refractivity contribution in [3.05, 3.63) is 11.9 Å². The molecular formula is C18H25F3N4O5. The highest BCUT2D eigenvalue weighted by molar-refractivity contribution is 5.95. The van der Waals surface area contributed by atoms with Gasteiger partial charge in [-0.1, -0.05) is 13.8 Å². The molecule has 1 aromatic heterocycles. The molecule has 0 radical (unpaired) electrons. The number of hydrogen-bond donors (Lipinski definition) is 1. The SMILES string of the molecule is COC(=O)C(CC(C)C)NC(=O)c1cnc(N2CCOCC2)c(OCC(F)(F)F)n1. The number of aromatic nitrogens is 2. The van der Waals surface area contributed by atoms with Crippen LogP contribution in [-0.4, -0.2) is 74.1 Å². The zero-order valence-electron chi connectivity index (χ0n) is 17.0. The van der Waals surface area contributed by atoms with E-state index in [1.54, 1.807) is 4.90 Å². The topological polar surface area (TPSA) is 103 Å². The van der Waals surface area contributed by atoms with Gasteiger partial charge in [-0.2, -0.15) is 13.2 Å². The quantitative estimate of drug-likeness (QED) is 0.615. The Labute approximate surface area is 171 Å². The maximum absolute atomic E-state index is 12.7. The Hall–Kier alpha value is -2.63. The third kappa shape index (κ3) is 7.01. The van der Waals surface area contributed by atoms with E-state index < -0.39 is 36.6 Å². The van der Waals surface area contributed by atoms with Crippen molar-refractivity contribution in [1.29, 1.82) is 0 Å². The molecule has 1 N–H and O–H groups in total. The van der Waals surface area contributed by atoms with E-state index in [1.165, 1.54) is 7.11 Å². The molecule has 0 saturated carbocycles. The van der Waals surface area contributed by atoms with Gasteiger partial charge in [0.2, 0.25) is 0 Å². The second kappa shape index (κ2) is 10.4. The second-order valence-electron chi connectivity index (χ2n) is 7.07. The minimum atomic E-state index is -4.59. The van der Waals surface area contributed by atoms with Crippen molar-refractivity contribution in [3.8, 4) is 5.88 Å². The lowest BCUT2D eigenvalue weighted by molar-refractivity contribution is -0.154. The average molecular weight is 434 g/mol. The number of hydrogen-bond acceptors (Lipinski definition) is 8. The molecule has 0 aromatic carbocycles. The van der Waals surface area contributed by atoms with Gasteiger partial charge in [-0.05, 0) is 12.3 Å². The van der Waals surface area contributed by atoms with Crippen LogP contribution in [-0.2, 0) is 14.3 Å². The summed E-state index contributed by atoms with van der Waals surface area (Å²) in [5, 5.41) is 2.49. The van der Waals surface area contributed by atoms with Gasteiger partial charge in [0.1, 0.15) is 6.04 Å². The third-order valence-corrected chi connectivity index (χ3v) is 4.14. The number of alkyl halides is 3. The van der Waals surface area contributed by atoms with E-state index in [9.17, 15) is 22.8 Å². The lowest BCUT2D eigenvalue weighted by Gasteiger charge is -2.28. The first-order valence-corrected chi connectivity index (χ1v) is 9.38. The van der Waals surface area contributed by atoms with E-state index in [1.807, 2.05) is 13.8 Å². The summed E-state index contributed by atoms with van der Waals surface area (Å²) >= 11 is 0. The highest BCUT2D eigenvalue weighted by Crippen LogP contribution is 2.27. The minimum Gasteiger partial charge on any atom is -0.467 e. The molecule has 2 rings (SSSR count). The van der Waals surface area contributed by atoms with Crippen molar-refractivity contribution in [2.75, 3.05) is 44.9 Å². The highest BCUT2D eigenvalue weighted by Gasteiger charge is 2.31. The summed E-state index contributed by atoms with van der Waals surface area (Å²) in [6.45, 7) is 3.67. The molecule has 12 heteroatoms. The Balaban J connectivity index is 2.25. The van der Waals surface area contributed by atoms with Crippen molar-refractivity contribution in [2.45, 2.75) is 32.5 Å². The minimum absolute atomic E-state index is 0.0786. The average Bonchev–Trinajstić information content (AvgIpc) is 2.70. The van der Waals surface area contributed by atoms with Gasteiger partial charge >= 0.3 is 12.1 Å². The van der Waals surface area contributed by atoms with Crippen molar-refractivity contribution in [2.24, 2.45) is 5.92 Å². The maximum Gasteiger partial charge on any atom is 0.422 e. The molecule has 1 aliphatic heterocycles. The Kier molecular flexibility index (Phi) is 8.21. The van der Waals surface area contributed by atoms with Gasteiger partial charge in [0.05, 0.1) is 26.5 Å². The molecule has 0 spiro atoms. The summed E-state index contributed by atoms with van der Waals surface area (Å²) in [4.78, 5) is 34.2. The molecule has 2 heterocycles. The van der Waals surface area contributed by atoms with Gasteiger partial charge in [0.25, 0.3) is 11.8 Å². The van der Waals surface area contributed by atoms with Crippen molar-refractivity contribution in [1.82, 2.24) is 15.3 Å². The summed E-state index contributed by atoms with van der Waals surface area (Å²) in [6, 6.07) is -0.928. The number of nitrogens with one attached hydrogen (secondary N) is 1. The summed E-state index contributed by atoms with van der Waals surface area (Å²) in [5.74, 6) is -1.66. The van der Waals surface area contributed by atoms with Crippen LogP contribution in [0.3, 0.4) is 0 Å². The molecule has 30 heavy (non-hydrogen) atoms. The lowest BCUT2D eigenvalue weighted by atomic mass is 10.0. The Morgan fingerprint density at radius 1 is 1.30 bits per heavy atom. The van der Waals surface area contributed by atoms with Gasteiger partial charge in [-0.25, -0.2) is 14.8 Å². The zero-order chi connectivity index (χ0) is 22.3. The fourth-order valence-electron chi connectivity index (χ4n) is 2.77. The molecule has 0 aliphatic carbocycles. The number of nitrogens with zero attached hydrogens (tertiary/aromatic N) is 3. The monoisotopic (exact) mass is 434 g/mol. The first-order chi connectivity index (χ1) is 14.1. The molecule has 0 bridgehead atoms. The molecule has 1 aromatic rings. The van der Waals surface area contributed by atoms with E-state index in [4.69, 9.17) is 14.2 Å². The van der Waals surface area contributed by atoms with Gasteiger partial charge in [-0.3, -0.25) is 4.79 Å². The van der Waals surface area contributed by atoms with Gasteiger partial charge in [0, 0.05) is 13.1 Å². The standard InChI is InChI=1S/C18H25F3N4O5/c1-11(2)8-12(17(27)28-3)23-15(26)13-9-22-14(25-4-6-29-7-5-25)16(24-13)30-10-18(19,20)21/h9,11-12H,4-8,10H2,1-3H3,(H,23,26). The number of ether oxygens (including phenoxy) is 3. The molecule has 1 amide bonds. The van der Waals surface area contributed by atoms with E-state index in [0.29, 0.717) is 32.7 Å². The molecule has 168 valence electrons. The summed E-state index contributed by atoms with van der Waals surface area (Å²) < 4.78 is 52.7. The van der Waals surface area contributed by atoms with Crippen molar-refractivity contribution in [3.63, 3.8) is 0 Å². The predicted molar refractivity (Wildman–Crippen MR) is 99.3 cm³/mol. The van der Waals surface area contributed by atoms with Crippen LogP contribution in [0.5, 0.6) is 5.88 Å². The molecule has 1 aliphatic rings. The largest absolute Gasteiger partial charge is 0.467 e. The van der Waals surface area contributed by atoms with Gasteiger partial charge in [0.15, 0.2) is 18.1 Å². The van der Waals surface area contributed by atoms with Crippen LogP contribution in [0.15, 0.2) is 6.20 Å². The van der Waals surface area contributed by atoms with E-state index in [-0.39, 0.29) is 17.4 Å². The van der Waals surface area contributed by atoms with E-state index in [0.717, 1.165) is 6.20 Å². The van der Waals surface area contributed by atoms with Gasteiger partial charge < -0.3 is 24.4 Å². The Morgan fingerprint density at radius 3 is 2.53 bits per heavy atom. The van der Waals surface area contributed by atoms with Crippen LogP contribution >= 0.6 is 0 Å². The number of morpholine rings is 1. The number of rotatable bonds is 8. The zero-order valence-corrected chi connectivity index (χ0v) is 17.0. The Morgan fingerprint density at radius 2 is 1.97 bits per heavy atom. The molecule has 1 saturated heterocycles. The van der Waals surface area contributed by atoms with Crippen LogP contribution in [0.25, 0.3) is 0 Å². The normalized spacial score (nSPS) is 15.6. The number of halogens is 3. The van der Waals surface area contributed by atoms with Crippen LogP contribution in [0.4, 0.5) is 19.0 Å². The fourth-order valence-corrected chi connectivity index (χ4v) is 2.77. The van der Waals surface area contributed by atoms with Crippen LogP contribution in [0.2, 0.25) is 0 Å². The first kappa shape index (κ1) is 23.6. The number of carbonyl (C=O) groups excluding carboxylic acids is 2. The molecule has 1 unspecified atom stereocenters. The molecule has 1 atom stereocenters. The smallest absolute Gasteiger partial charge is 0.422 e. The highest BCUT2D eigenvalue weighted by atomic mass is 19.4. The first-order valence-electron chi connectivity index (χ1n) is 9.38. The van der Waals surface area contributed by atoms with E-state index >= 15 is 0 Å². The van der Waals surface area contributed by atoms with Crippen LogP contribution in [0, 0.1) is 5.92 Å². The van der Waals surface area contributed by atoms with Crippen molar-refractivity contribution >= 4 is 17.7 Å². The van der Waals surface area contributed by atoms with Gasteiger partial charge in [-0.15, -0.1) is 0 Å². The van der Waals surface area contributed by atoms with Crippen molar-refractivity contribution < 1.29 is 37.0 Å². The van der Waals surface area contributed by atoms with Crippen LogP contribution in [0.1, 0.15) is 30.8 Å². The number of anilines is 1. The molecule has 1 fully saturated rings. The molecular weight excluding hydrogens is 409 g/mol. The molecule has 9 nitrogen and oxygen atoms in total. The number of methoxy groups -OCH3 is 1. The van der Waals surface area contributed by atoms with E-state index in [2.05, 4.69) is 15.3 Å². The maximum atomic E-state index is 12.7. The number of amides is 1. The number of carbonyl (C=O) groups is 2.